The Morgan fingerprint density at radius 3 is 2.65 bits per heavy atom. The zero-order valence-corrected chi connectivity index (χ0v) is 12.0. The number of thiophene rings is 1. The van der Waals surface area contributed by atoms with E-state index in [1.54, 1.807) is 17.7 Å². The molecule has 0 fully saturated rings. The molecular formula is C11H13BrN4S. The molecule has 0 aliphatic rings. The van der Waals surface area contributed by atoms with Crippen molar-refractivity contribution in [2.45, 2.75) is 19.9 Å². The van der Waals surface area contributed by atoms with E-state index in [1.165, 1.54) is 0 Å². The number of aromatic nitrogens is 2. The molecular weight excluding hydrogens is 300 g/mol. The Kier molecular flexibility index (Phi) is 3.96. The van der Waals surface area contributed by atoms with Gasteiger partial charge in [0.15, 0.2) is 0 Å². The molecule has 2 aromatic rings. The van der Waals surface area contributed by atoms with Crippen LogP contribution in [0.4, 0.5) is 16.6 Å². The molecule has 2 N–H and O–H groups in total. The van der Waals surface area contributed by atoms with Crippen LogP contribution >= 0.6 is 27.3 Å². The van der Waals surface area contributed by atoms with Crippen molar-refractivity contribution in [1.82, 2.24) is 9.97 Å². The van der Waals surface area contributed by atoms with Gasteiger partial charge in [0.05, 0.1) is 5.00 Å². The molecule has 0 bridgehead atoms. The fourth-order valence-corrected chi connectivity index (χ4v) is 2.63. The summed E-state index contributed by atoms with van der Waals surface area (Å²) in [5.41, 5.74) is 0. The number of rotatable bonds is 4. The maximum Gasteiger partial charge on any atom is 0.136 e. The van der Waals surface area contributed by atoms with E-state index in [-0.39, 0.29) is 0 Å². The highest BCUT2D eigenvalue weighted by Crippen LogP contribution is 2.27. The van der Waals surface area contributed by atoms with Gasteiger partial charge in [0.25, 0.3) is 0 Å². The standard InChI is InChI=1S/C11H13BrN4S/c1-7(2)15-9-4-10(14-6-13-9)16-11-3-8(12)5-17-11/h3-7H,1-2H3,(H2,13,14,15,16). The van der Waals surface area contributed by atoms with Gasteiger partial charge in [-0.25, -0.2) is 9.97 Å². The summed E-state index contributed by atoms with van der Waals surface area (Å²) < 4.78 is 1.07. The average molecular weight is 313 g/mol. The van der Waals surface area contributed by atoms with Crippen molar-refractivity contribution in [3.8, 4) is 0 Å². The number of hydrogen-bond donors (Lipinski definition) is 2. The van der Waals surface area contributed by atoms with Gasteiger partial charge in [0.2, 0.25) is 0 Å². The molecule has 2 aromatic heterocycles. The lowest BCUT2D eigenvalue weighted by atomic mass is 10.4. The maximum atomic E-state index is 4.18. The summed E-state index contributed by atoms with van der Waals surface area (Å²) in [4.78, 5) is 8.34. The molecule has 0 saturated carbocycles. The smallest absolute Gasteiger partial charge is 0.136 e. The second-order valence-electron chi connectivity index (χ2n) is 3.84. The monoisotopic (exact) mass is 312 g/mol. The van der Waals surface area contributed by atoms with Crippen molar-refractivity contribution in [1.29, 1.82) is 0 Å². The highest BCUT2D eigenvalue weighted by molar-refractivity contribution is 9.10. The van der Waals surface area contributed by atoms with E-state index in [0.29, 0.717) is 6.04 Å². The number of nitrogens with one attached hydrogen (secondary N) is 2. The average Bonchev–Trinajstić information content (AvgIpc) is 2.63. The summed E-state index contributed by atoms with van der Waals surface area (Å²) in [7, 11) is 0. The highest BCUT2D eigenvalue weighted by atomic mass is 79.9. The van der Waals surface area contributed by atoms with Gasteiger partial charge in [-0.05, 0) is 35.8 Å². The van der Waals surface area contributed by atoms with Crippen LogP contribution in [0.15, 0.2) is 28.3 Å². The Labute approximate surface area is 113 Å². The molecule has 4 nitrogen and oxygen atoms in total. The lowest BCUT2D eigenvalue weighted by Crippen LogP contribution is -2.11. The Morgan fingerprint density at radius 1 is 1.24 bits per heavy atom. The lowest BCUT2D eigenvalue weighted by Gasteiger charge is -2.09. The molecule has 0 saturated heterocycles. The summed E-state index contributed by atoms with van der Waals surface area (Å²) in [6, 6.07) is 4.27. The third-order valence-electron chi connectivity index (χ3n) is 1.92. The predicted octanol–water partition coefficient (Wildman–Crippen LogP) is 3.86. The van der Waals surface area contributed by atoms with Gasteiger partial charge in [0.1, 0.15) is 18.0 Å². The van der Waals surface area contributed by atoms with Gasteiger partial charge < -0.3 is 10.6 Å². The topological polar surface area (TPSA) is 49.8 Å². The minimum Gasteiger partial charge on any atom is -0.368 e. The van der Waals surface area contributed by atoms with Crippen LogP contribution in [0, 0.1) is 0 Å². The quantitative estimate of drug-likeness (QED) is 0.900. The van der Waals surface area contributed by atoms with Gasteiger partial charge in [0, 0.05) is 22.0 Å². The minimum atomic E-state index is 0.355. The fourth-order valence-electron chi connectivity index (χ4n) is 1.31. The third kappa shape index (κ3) is 3.67. The predicted molar refractivity (Wildman–Crippen MR) is 76.1 cm³/mol. The summed E-state index contributed by atoms with van der Waals surface area (Å²) in [5, 5.41) is 9.55. The van der Waals surface area contributed by atoms with Gasteiger partial charge in [-0.3, -0.25) is 0 Å². The summed E-state index contributed by atoms with van der Waals surface area (Å²) in [6.45, 7) is 4.15. The Bertz CT molecular complexity index is 498. The number of hydrogen-bond acceptors (Lipinski definition) is 5. The van der Waals surface area contributed by atoms with Crippen molar-refractivity contribution < 1.29 is 0 Å². The van der Waals surface area contributed by atoms with Crippen LogP contribution in [0.5, 0.6) is 0 Å². The van der Waals surface area contributed by atoms with Gasteiger partial charge in [-0.2, -0.15) is 0 Å². The molecule has 0 radical (unpaired) electrons. The Balaban J connectivity index is 2.10. The first-order chi connectivity index (χ1) is 8.13. The van der Waals surface area contributed by atoms with Crippen molar-refractivity contribution in [3.63, 3.8) is 0 Å². The Hall–Kier alpha value is -1.14. The number of nitrogens with zero attached hydrogens (tertiary/aromatic N) is 2. The molecule has 0 unspecified atom stereocenters. The zero-order valence-electron chi connectivity index (χ0n) is 9.57. The van der Waals surface area contributed by atoms with Gasteiger partial charge >= 0.3 is 0 Å². The van der Waals surface area contributed by atoms with E-state index in [0.717, 1.165) is 21.1 Å². The molecule has 0 spiro atoms. The van der Waals surface area contributed by atoms with Gasteiger partial charge in [-0.1, -0.05) is 0 Å². The van der Waals surface area contributed by atoms with E-state index in [9.17, 15) is 0 Å². The van der Waals surface area contributed by atoms with Crippen LogP contribution in [0.25, 0.3) is 0 Å². The van der Waals surface area contributed by atoms with Crippen LogP contribution in [-0.4, -0.2) is 16.0 Å². The second-order valence-corrected chi connectivity index (χ2v) is 5.67. The molecule has 0 aromatic carbocycles. The molecule has 2 rings (SSSR count). The van der Waals surface area contributed by atoms with Crippen LogP contribution in [0.3, 0.4) is 0 Å². The maximum absolute atomic E-state index is 4.18. The summed E-state index contributed by atoms with van der Waals surface area (Å²) in [6.07, 6.45) is 1.55. The first-order valence-electron chi connectivity index (χ1n) is 5.23. The van der Waals surface area contributed by atoms with Crippen LogP contribution in [0.1, 0.15) is 13.8 Å². The Morgan fingerprint density at radius 2 is 2.00 bits per heavy atom. The summed E-state index contributed by atoms with van der Waals surface area (Å²) >= 11 is 5.04. The fraction of sp³-hybridized carbons (Fsp3) is 0.273. The zero-order chi connectivity index (χ0) is 12.3. The minimum absolute atomic E-state index is 0.355. The highest BCUT2D eigenvalue weighted by Gasteiger charge is 2.02. The van der Waals surface area contributed by atoms with Crippen molar-refractivity contribution >= 4 is 43.9 Å². The van der Waals surface area contributed by atoms with E-state index in [1.807, 2.05) is 17.5 Å². The first-order valence-corrected chi connectivity index (χ1v) is 6.90. The molecule has 0 aliphatic heterocycles. The number of halogens is 1. The largest absolute Gasteiger partial charge is 0.368 e. The van der Waals surface area contributed by atoms with Crippen LogP contribution in [-0.2, 0) is 0 Å². The first kappa shape index (κ1) is 12.3. The number of anilines is 3. The van der Waals surface area contributed by atoms with E-state index in [4.69, 9.17) is 0 Å². The normalized spacial score (nSPS) is 10.6. The lowest BCUT2D eigenvalue weighted by molar-refractivity contribution is 0.886. The molecule has 0 aliphatic carbocycles. The second kappa shape index (κ2) is 5.46. The van der Waals surface area contributed by atoms with E-state index in [2.05, 4.69) is 50.4 Å². The van der Waals surface area contributed by atoms with E-state index < -0.39 is 0 Å². The van der Waals surface area contributed by atoms with Crippen molar-refractivity contribution in [3.05, 3.63) is 28.3 Å². The van der Waals surface area contributed by atoms with Crippen molar-refractivity contribution in [2.75, 3.05) is 10.6 Å². The molecule has 90 valence electrons. The molecule has 0 atom stereocenters. The molecule has 2 heterocycles. The van der Waals surface area contributed by atoms with Crippen LogP contribution < -0.4 is 10.6 Å². The molecule has 0 amide bonds. The van der Waals surface area contributed by atoms with Gasteiger partial charge in [-0.15, -0.1) is 11.3 Å². The summed E-state index contributed by atoms with van der Waals surface area (Å²) in [5.74, 6) is 1.62. The third-order valence-corrected chi connectivity index (χ3v) is 3.53. The van der Waals surface area contributed by atoms with Crippen LogP contribution in [0.2, 0.25) is 0 Å². The molecule has 6 heteroatoms. The molecule has 17 heavy (non-hydrogen) atoms. The van der Waals surface area contributed by atoms with Crippen molar-refractivity contribution in [2.24, 2.45) is 0 Å². The van der Waals surface area contributed by atoms with E-state index >= 15 is 0 Å². The SMILES string of the molecule is CC(C)Nc1cc(Nc2cc(Br)cs2)ncn1.